The Bertz CT molecular complexity index is 1090. The Morgan fingerprint density at radius 2 is 2.06 bits per heavy atom. The van der Waals surface area contributed by atoms with Crippen LogP contribution in [0, 0.1) is 35.4 Å². The molecule has 2 heterocycles. The number of aryl methyl sites for hydroxylation is 1. The number of nitrogens with zero attached hydrogens (tertiary/aromatic N) is 1. The Morgan fingerprint density at radius 1 is 1.19 bits per heavy atom. The number of hydrogen-bond acceptors (Lipinski definition) is 5. The first-order chi connectivity index (χ1) is 17.4. The summed E-state index contributed by atoms with van der Waals surface area (Å²) >= 11 is 0. The molecule has 192 valence electrons. The molecule has 1 aliphatic heterocycles. The first kappa shape index (κ1) is 24.7. The SMILES string of the molecule is CCOC(=O)N[C@@H]1CC[C@@H]2[C@H](C1)C[C@H]1C(=O)O[C@H](C)[C@@H]1[C@@H]2CCc1ccc(-c2cccc(F)c2)cn1. The summed E-state index contributed by atoms with van der Waals surface area (Å²) < 4.78 is 24.4. The van der Waals surface area contributed by atoms with Gasteiger partial charge in [0.05, 0.1) is 12.5 Å². The Labute approximate surface area is 212 Å². The number of fused-ring (bicyclic) bond motifs is 2. The predicted octanol–water partition coefficient (Wildman–Crippen LogP) is 5.55. The monoisotopic (exact) mass is 494 g/mol. The number of rotatable bonds is 6. The molecule has 1 N–H and O–H groups in total. The Hall–Kier alpha value is -2.96. The van der Waals surface area contributed by atoms with Gasteiger partial charge in [0, 0.05) is 29.4 Å². The highest BCUT2D eigenvalue weighted by Gasteiger charge is 2.55. The topological polar surface area (TPSA) is 77.5 Å². The Balaban J connectivity index is 1.28. The molecule has 2 saturated carbocycles. The van der Waals surface area contributed by atoms with Crippen LogP contribution in [-0.4, -0.2) is 35.8 Å². The number of pyridine rings is 1. The summed E-state index contributed by atoms with van der Waals surface area (Å²) in [5.41, 5.74) is 2.71. The molecule has 0 spiro atoms. The normalized spacial score (nSPS) is 31.2. The molecule has 1 aromatic heterocycles. The maximum Gasteiger partial charge on any atom is 0.407 e. The van der Waals surface area contributed by atoms with Crippen LogP contribution in [0.1, 0.15) is 51.6 Å². The molecular weight excluding hydrogens is 459 g/mol. The lowest BCUT2D eigenvalue weighted by Gasteiger charge is -2.48. The smallest absolute Gasteiger partial charge is 0.407 e. The van der Waals surface area contributed by atoms with Gasteiger partial charge in [-0.25, -0.2) is 9.18 Å². The molecule has 0 unspecified atom stereocenters. The van der Waals surface area contributed by atoms with Crippen molar-refractivity contribution in [3.05, 3.63) is 54.1 Å². The number of carbonyl (C=O) groups is 2. The number of amides is 1. The summed E-state index contributed by atoms with van der Waals surface area (Å²) in [5.74, 6) is 1.13. The van der Waals surface area contributed by atoms with Crippen molar-refractivity contribution in [2.45, 2.75) is 64.5 Å². The number of aromatic nitrogens is 1. The minimum atomic E-state index is -0.354. The standard InChI is InChI=1S/C29H35FN2O4/c1-3-35-29(34)32-23-10-11-24-20(14-23)15-26-27(17(2)36-28(26)33)25(24)12-9-22-8-7-19(16-31-22)18-5-4-6-21(30)13-18/h4-8,13,16-17,20,23-27H,3,9-12,14-15H2,1-2H3,(H,32,34)/t17-,20-,23-,24-,25-,26-,27-/m1/s1. The van der Waals surface area contributed by atoms with Crippen molar-refractivity contribution < 1.29 is 23.5 Å². The molecular formula is C29H35FN2O4. The van der Waals surface area contributed by atoms with Gasteiger partial charge in [-0.2, -0.15) is 0 Å². The average Bonchev–Trinajstić information content (AvgIpc) is 3.15. The molecule has 2 aliphatic carbocycles. The molecule has 2 aromatic rings. The first-order valence-corrected chi connectivity index (χ1v) is 13.3. The quantitative estimate of drug-likeness (QED) is 0.533. The van der Waals surface area contributed by atoms with Crippen LogP contribution in [0.3, 0.4) is 0 Å². The fourth-order valence-corrected chi connectivity index (χ4v) is 7.07. The second-order valence-electron chi connectivity index (χ2n) is 10.6. The van der Waals surface area contributed by atoms with Gasteiger partial charge in [-0.1, -0.05) is 18.2 Å². The van der Waals surface area contributed by atoms with Crippen LogP contribution >= 0.6 is 0 Å². The summed E-state index contributed by atoms with van der Waals surface area (Å²) in [6.45, 7) is 4.20. The summed E-state index contributed by atoms with van der Waals surface area (Å²) in [7, 11) is 0. The fraction of sp³-hybridized carbons (Fsp3) is 0.552. The minimum Gasteiger partial charge on any atom is -0.462 e. The van der Waals surface area contributed by atoms with Gasteiger partial charge in [-0.05, 0) is 93.9 Å². The van der Waals surface area contributed by atoms with Gasteiger partial charge in [-0.3, -0.25) is 9.78 Å². The highest BCUT2D eigenvalue weighted by atomic mass is 19.1. The van der Waals surface area contributed by atoms with Crippen LogP contribution in [0.25, 0.3) is 11.1 Å². The molecule has 1 saturated heterocycles. The lowest BCUT2D eigenvalue weighted by atomic mass is 9.56. The second kappa shape index (κ2) is 10.6. The molecule has 1 aromatic carbocycles. The van der Waals surface area contributed by atoms with E-state index in [0.717, 1.165) is 55.3 Å². The van der Waals surface area contributed by atoms with Crippen LogP contribution in [0.4, 0.5) is 9.18 Å². The van der Waals surface area contributed by atoms with Crippen molar-refractivity contribution in [1.82, 2.24) is 10.3 Å². The maximum absolute atomic E-state index is 13.6. The van der Waals surface area contributed by atoms with Crippen LogP contribution in [0.2, 0.25) is 0 Å². The van der Waals surface area contributed by atoms with E-state index in [1.165, 1.54) is 12.1 Å². The molecule has 5 rings (SSSR count). The zero-order valence-corrected chi connectivity index (χ0v) is 21.0. The van der Waals surface area contributed by atoms with Gasteiger partial charge in [0.2, 0.25) is 0 Å². The van der Waals surface area contributed by atoms with Crippen molar-refractivity contribution in [3.8, 4) is 11.1 Å². The van der Waals surface area contributed by atoms with Crippen LogP contribution < -0.4 is 5.32 Å². The van der Waals surface area contributed by atoms with E-state index in [9.17, 15) is 14.0 Å². The predicted molar refractivity (Wildman–Crippen MR) is 133 cm³/mol. The van der Waals surface area contributed by atoms with Crippen molar-refractivity contribution in [3.63, 3.8) is 0 Å². The van der Waals surface area contributed by atoms with E-state index in [1.807, 2.05) is 31.3 Å². The third-order valence-corrected chi connectivity index (χ3v) is 8.57. The summed E-state index contributed by atoms with van der Waals surface area (Å²) in [5, 5.41) is 3.02. The molecule has 36 heavy (non-hydrogen) atoms. The molecule has 3 fully saturated rings. The van der Waals surface area contributed by atoms with Crippen LogP contribution in [0.5, 0.6) is 0 Å². The zero-order valence-electron chi connectivity index (χ0n) is 21.0. The zero-order chi connectivity index (χ0) is 25.2. The molecule has 7 atom stereocenters. The maximum atomic E-state index is 13.6. The highest BCUT2D eigenvalue weighted by Crippen LogP contribution is 2.54. The van der Waals surface area contributed by atoms with Crippen molar-refractivity contribution in [2.75, 3.05) is 6.61 Å². The van der Waals surface area contributed by atoms with Crippen molar-refractivity contribution in [2.24, 2.45) is 29.6 Å². The van der Waals surface area contributed by atoms with E-state index in [1.54, 1.807) is 13.0 Å². The third-order valence-electron chi connectivity index (χ3n) is 8.57. The number of carbonyl (C=O) groups excluding carboxylic acids is 2. The summed E-state index contributed by atoms with van der Waals surface area (Å²) in [6, 6.07) is 10.7. The number of ether oxygens (including phenoxy) is 2. The Kier molecular flexibility index (Phi) is 7.26. The van der Waals surface area contributed by atoms with E-state index in [-0.39, 0.29) is 41.9 Å². The van der Waals surface area contributed by atoms with E-state index in [4.69, 9.17) is 9.47 Å². The number of halogens is 1. The molecule has 0 bridgehead atoms. The minimum absolute atomic E-state index is 0.0593. The lowest BCUT2D eigenvalue weighted by Crippen LogP contribution is -2.49. The molecule has 0 radical (unpaired) electrons. The molecule has 6 nitrogen and oxygen atoms in total. The van der Waals surface area contributed by atoms with Gasteiger partial charge in [0.25, 0.3) is 0 Å². The number of alkyl carbamates (subject to hydrolysis) is 1. The summed E-state index contributed by atoms with van der Waals surface area (Å²) in [4.78, 5) is 29.3. The largest absolute Gasteiger partial charge is 0.462 e. The first-order valence-electron chi connectivity index (χ1n) is 13.3. The van der Waals surface area contributed by atoms with Crippen molar-refractivity contribution in [1.29, 1.82) is 0 Å². The third kappa shape index (κ3) is 5.11. The molecule has 7 heteroatoms. The van der Waals surface area contributed by atoms with E-state index < -0.39 is 0 Å². The second-order valence-corrected chi connectivity index (χ2v) is 10.6. The van der Waals surface area contributed by atoms with Gasteiger partial charge in [0.1, 0.15) is 11.9 Å². The van der Waals surface area contributed by atoms with Crippen LogP contribution in [-0.2, 0) is 20.7 Å². The fourth-order valence-electron chi connectivity index (χ4n) is 7.07. The summed E-state index contributed by atoms with van der Waals surface area (Å²) in [6.07, 6.45) is 6.85. The van der Waals surface area contributed by atoms with Crippen LogP contribution in [0.15, 0.2) is 42.6 Å². The number of nitrogens with one attached hydrogen (secondary N) is 1. The van der Waals surface area contributed by atoms with Gasteiger partial charge < -0.3 is 14.8 Å². The number of esters is 1. The number of cyclic esters (lactones) is 1. The van der Waals surface area contributed by atoms with E-state index >= 15 is 0 Å². The van der Waals surface area contributed by atoms with Gasteiger partial charge in [-0.15, -0.1) is 0 Å². The molecule has 3 aliphatic rings. The Morgan fingerprint density at radius 3 is 2.81 bits per heavy atom. The van der Waals surface area contributed by atoms with E-state index in [2.05, 4.69) is 10.3 Å². The van der Waals surface area contributed by atoms with E-state index in [0.29, 0.717) is 24.4 Å². The average molecular weight is 495 g/mol. The highest BCUT2D eigenvalue weighted by molar-refractivity contribution is 5.75. The lowest BCUT2D eigenvalue weighted by molar-refractivity contribution is -0.144. The number of benzene rings is 1. The molecule has 1 amide bonds. The van der Waals surface area contributed by atoms with Gasteiger partial charge >= 0.3 is 12.1 Å². The number of hydrogen-bond donors (Lipinski definition) is 1. The van der Waals surface area contributed by atoms with Crippen molar-refractivity contribution >= 4 is 12.1 Å². The van der Waals surface area contributed by atoms with Gasteiger partial charge in [0.15, 0.2) is 0 Å².